The molecule has 0 saturated carbocycles. The molecule has 0 N–H and O–H groups in total. The van der Waals surface area contributed by atoms with Crippen molar-refractivity contribution < 1.29 is 9.53 Å². The Hall–Kier alpha value is -1.62. The molecule has 0 bridgehead atoms. The highest BCUT2D eigenvalue weighted by molar-refractivity contribution is 6.30. The third-order valence-electron chi connectivity index (χ3n) is 1.67. The highest BCUT2D eigenvalue weighted by atomic mass is 35.5. The number of ether oxygens (including phenoxy) is 1. The first-order valence-corrected chi connectivity index (χ1v) is 5.06. The summed E-state index contributed by atoms with van der Waals surface area (Å²) in [5, 5.41) is 0.365. The van der Waals surface area contributed by atoms with Crippen LogP contribution in [0.1, 0.15) is 6.92 Å². The lowest BCUT2D eigenvalue weighted by atomic mass is 10.4. The molecule has 0 radical (unpaired) electrons. The molecule has 6 heteroatoms. The van der Waals surface area contributed by atoms with E-state index < -0.39 is 11.7 Å². The van der Waals surface area contributed by atoms with E-state index in [1.807, 2.05) is 0 Å². The molecule has 0 aliphatic rings. The van der Waals surface area contributed by atoms with Crippen molar-refractivity contribution in [2.45, 2.75) is 13.5 Å². The van der Waals surface area contributed by atoms with E-state index in [2.05, 4.69) is 9.72 Å². The Balaban J connectivity index is 2.64. The topological polar surface area (TPSA) is 61.2 Å². The predicted molar refractivity (Wildman–Crippen MR) is 59.3 cm³/mol. The number of rotatable bonds is 4. The summed E-state index contributed by atoms with van der Waals surface area (Å²) in [6.07, 6.45) is 5.50. The van der Waals surface area contributed by atoms with Crippen LogP contribution in [0.5, 0.6) is 0 Å². The minimum atomic E-state index is -0.439. The van der Waals surface area contributed by atoms with Crippen molar-refractivity contribution in [1.29, 1.82) is 0 Å². The summed E-state index contributed by atoms with van der Waals surface area (Å²) in [6, 6.07) is 0. The van der Waals surface area contributed by atoms with Gasteiger partial charge < -0.3 is 4.74 Å². The largest absolute Gasteiger partial charge is 0.463 e. The number of hydrogen-bond donors (Lipinski definition) is 0. The van der Waals surface area contributed by atoms with E-state index in [4.69, 9.17) is 11.6 Å². The monoisotopic (exact) mass is 242 g/mol. The minimum absolute atomic E-state index is 0.227. The summed E-state index contributed by atoms with van der Waals surface area (Å²) in [4.78, 5) is 25.7. The Morgan fingerprint density at radius 2 is 2.44 bits per heavy atom. The molecule has 0 spiro atoms. The van der Waals surface area contributed by atoms with Crippen LogP contribution in [0.3, 0.4) is 0 Å². The van der Waals surface area contributed by atoms with Crippen LogP contribution < -0.4 is 5.69 Å². The van der Waals surface area contributed by atoms with Crippen LogP contribution in [0.2, 0.25) is 5.02 Å². The lowest BCUT2D eigenvalue weighted by molar-refractivity contribution is -0.137. The lowest BCUT2D eigenvalue weighted by Gasteiger charge is -2.00. The van der Waals surface area contributed by atoms with Crippen LogP contribution >= 0.6 is 11.6 Å². The molecule has 86 valence electrons. The Morgan fingerprint density at radius 3 is 3.12 bits per heavy atom. The van der Waals surface area contributed by atoms with Gasteiger partial charge in [-0.3, -0.25) is 4.57 Å². The molecule has 1 heterocycles. The molecular weight excluding hydrogens is 232 g/mol. The number of carbonyl (C=O) groups excluding carboxylic acids is 1. The van der Waals surface area contributed by atoms with E-state index in [9.17, 15) is 9.59 Å². The molecule has 0 aromatic carbocycles. The summed E-state index contributed by atoms with van der Waals surface area (Å²) >= 11 is 5.67. The second-order valence-corrected chi connectivity index (χ2v) is 3.30. The molecule has 1 aromatic heterocycles. The second-order valence-electron chi connectivity index (χ2n) is 2.86. The van der Waals surface area contributed by atoms with Gasteiger partial charge in [-0.1, -0.05) is 17.7 Å². The zero-order chi connectivity index (χ0) is 12.0. The smallest absolute Gasteiger partial charge is 0.347 e. The Morgan fingerprint density at radius 1 is 1.69 bits per heavy atom. The van der Waals surface area contributed by atoms with Crippen molar-refractivity contribution in [3.05, 3.63) is 40.1 Å². The fourth-order valence-electron chi connectivity index (χ4n) is 1.01. The van der Waals surface area contributed by atoms with E-state index in [1.165, 1.54) is 29.1 Å². The fraction of sp³-hybridized carbons (Fsp3) is 0.300. The average Bonchev–Trinajstić information content (AvgIpc) is 2.23. The van der Waals surface area contributed by atoms with Crippen molar-refractivity contribution in [1.82, 2.24) is 9.55 Å². The van der Waals surface area contributed by atoms with Gasteiger partial charge in [-0.2, -0.15) is 0 Å². The summed E-state index contributed by atoms with van der Waals surface area (Å²) in [5.41, 5.74) is -0.419. The first-order chi connectivity index (χ1) is 7.63. The maximum atomic E-state index is 11.2. The molecule has 0 amide bonds. The Labute approximate surface area is 97.3 Å². The number of aromatic nitrogens is 2. The molecule has 16 heavy (non-hydrogen) atoms. The number of allylic oxidation sites excluding steroid dienone is 1. The van der Waals surface area contributed by atoms with Crippen molar-refractivity contribution in [3.63, 3.8) is 0 Å². The third-order valence-corrected chi connectivity index (χ3v) is 1.86. The van der Waals surface area contributed by atoms with Crippen LogP contribution in [-0.2, 0) is 16.1 Å². The second kappa shape index (κ2) is 6.07. The van der Waals surface area contributed by atoms with Gasteiger partial charge in [0.25, 0.3) is 0 Å². The number of hydrogen-bond acceptors (Lipinski definition) is 4. The number of halogens is 1. The van der Waals surface area contributed by atoms with E-state index in [0.29, 0.717) is 11.6 Å². The molecule has 0 aliphatic carbocycles. The standard InChI is InChI=1S/C10H11ClN2O3/c1-2-16-9(14)4-3-5-13-7-8(11)6-12-10(13)15/h3-4,6-7H,2,5H2,1H3/b4-3+. The van der Waals surface area contributed by atoms with Gasteiger partial charge in [0.1, 0.15) is 0 Å². The molecule has 0 fully saturated rings. The SMILES string of the molecule is CCOC(=O)/C=C/Cn1cc(Cl)cnc1=O. The summed E-state index contributed by atoms with van der Waals surface area (Å²) in [7, 11) is 0. The molecule has 5 nitrogen and oxygen atoms in total. The molecule has 0 saturated heterocycles. The van der Waals surface area contributed by atoms with E-state index >= 15 is 0 Å². The van der Waals surface area contributed by atoms with E-state index in [0.717, 1.165) is 0 Å². The zero-order valence-electron chi connectivity index (χ0n) is 8.72. The fourth-order valence-corrected chi connectivity index (χ4v) is 1.18. The van der Waals surface area contributed by atoms with Crippen LogP contribution in [0.15, 0.2) is 29.3 Å². The summed E-state index contributed by atoms with van der Waals surface area (Å²) in [6.45, 7) is 2.27. The first-order valence-electron chi connectivity index (χ1n) is 4.68. The van der Waals surface area contributed by atoms with Gasteiger partial charge in [-0.05, 0) is 6.92 Å². The van der Waals surface area contributed by atoms with E-state index in [1.54, 1.807) is 6.92 Å². The highest BCUT2D eigenvalue weighted by Crippen LogP contribution is 2.01. The van der Waals surface area contributed by atoms with Crippen molar-refractivity contribution in [2.75, 3.05) is 6.61 Å². The van der Waals surface area contributed by atoms with Gasteiger partial charge in [-0.15, -0.1) is 0 Å². The summed E-state index contributed by atoms with van der Waals surface area (Å²) in [5.74, 6) is -0.439. The number of nitrogens with zero attached hydrogens (tertiary/aromatic N) is 2. The predicted octanol–water partition coefficient (Wildman–Crippen LogP) is 1.02. The molecule has 1 aromatic rings. The third kappa shape index (κ3) is 3.86. The van der Waals surface area contributed by atoms with Gasteiger partial charge in [0.05, 0.1) is 17.8 Å². The normalized spacial score (nSPS) is 10.6. The summed E-state index contributed by atoms with van der Waals surface area (Å²) < 4.78 is 5.97. The first kappa shape index (κ1) is 12.4. The van der Waals surface area contributed by atoms with Gasteiger partial charge in [0.2, 0.25) is 0 Å². The molecular formula is C10H11ClN2O3. The van der Waals surface area contributed by atoms with Gasteiger partial charge in [0, 0.05) is 18.8 Å². The van der Waals surface area contributed by atoms with Crippen LogP contribution in [0.4, 0.5) is 0 Å². The lowest BCUT2D eigenvalue weighted by Crippen LogP contribution is -2.21. The van der Waals surface area contributed by atoms with Gasteiger partial charge >= 0.3 is 11.7 Å². The van der Waals surface area contributed by atoms with Crippen LogP contribution in [-0.4, -0.2) is 22.1 Å². The Bertz CT molecular complexity index is 454. The van der Waals surface area contributed by atoms with E-state index in [-0.39, 0.29) is 6.54 Å². The molecule has 0 aliphatic heterocycles. The molecule has 0 atom stereocenters. The molecule has 1 rings (SSSR count). The van der Waals surface area contributed by atoms with Crippen LogP contribution in [0, 0.1) is 0 Å². The van der Waals surface area contributed by atoms with Crippen molar-refractivity contribution >= 4 is 17.6 Å². The van der Waals surface area contributed by atoms with Crippen molar-refractivity contribution in [2.24, 2.45) is 0 Å². The quantitative estimate of drug-likeness (QED) is 0.584. The maximum Gasteiger partial charge on any atom is 0.347 e. The van der Waals surface area contributed by atoms with Gasteiger partial charge in [-0.25, -0.2) is 14.6 Å². The minimum Gasteiger partial charge on any atom is -0.463 e. The van der Waals surface area contributed by atoms with Crippen LogP contribution in [0.25, 0.3) is 0 Å². The number of carbonyl (C=O) groups is 1. The zero-order valence-corrected chi connectivity index (χ0v) is 9.48. The maximum absolute atomic E-state index is 11.2. The van der Waals surface area contributed by atoms with Gasteiger partial charge in [0.15, 0.2) is 0 Å². The van der Waals surface area contributed by atoms with Crippen molar-refractivity contribution in [3.8, 4) is 0 Å². The molecule has 0 unspecified atom stereocenters. The highest BCUT2D eigenvalue weighted by Gasteiger charge is 1.97. The average molecular weight is 243 g/mol. The number of esters is 1. The Kier molecular flexibility index (Phi) is 4.72.